The van der Waals surface area contributed by atoms with Gasteiger partial charge in [0, 0.05) is 31.4 Å². The van der Waals surface area contributed by atoms with Gasteiger partial charge < -0.3 is 15.3 Å². The topological polar surface area (TPSA) is 70.4 Å². The Balaban J connectivity index is 1.49. The van der Waals surface area contributed by atoms with Gasteiger partial charge in [-0.2, -0.15) is 5.10 Å². The Morgan fingerprint density at radius 2 is 2.12 bits per heavy atom. The van der Waals surface area contributed by atoms with Gasteiger partial charge in [-0.1, -0.05) is 37.3 Å². The van der Waals surface area contributed by atoms with Crippen molar-refractivity contribution in [2.45, 2.75) is 32.5 Å². The van der Waals surface area contributed by atoms with Gasteiger partial charge in [-0.05, 0) is 17.9 Å². The van der Waals surface area contributed by atoms with E-state index in [-0.39, 0.29) is 11.9 Å². The molecule has 3 rings (SSSR count). The molecule has 0 aliphatic carbocycles. The molecule has 1 aromatic carbocycles. The van der Waals surface area contributed by atoms with Crippen LogP contribution < -0.4 is 5.32 Å². The van der Waals surface area contributed by atoms with Crippen LogP contribution in [-0.4, -0.2) is 45.0 Å². The second kappa shape index (κ2) is 7.49. The molecule has 6 nitrogen and oxygen atoms in total. The molecule has 2 N–H and O–H groups in total. The van der Waals surface area contributed by atoms with Crippen LogP contribution in [0.1, 0.15) is 24.5 Å². The number of nitrogens with one attached hydrogen (secondary N) is 1. The van der Waals surface area contributed by atoms with Crippen molar-refractivity contribution in [1.29, 1.82) is 0 Å². The van der Waals surface area contributed by atoms with E-state index < -0.39 is 6.10 Å². The van der Waals surface area contributed by atoms with E-state index in [1.165, 1.54) is 5.56 Å². The van der Waals surface area contributed by atoms with Crippen molar-refractivity contribution in [1.82, 2.24) is 20.0 Å². The summed E-state index contributed by atoms with van der Waals surface area (Å²) in [5, 5.41) is 17.1. The minimum atomic E-state index is -0.432. The lowest BCUT2D eigenvalue weighted by Gasteiger charge is -2.34. The standard InChI is InChI=1S/C18H24N4O2/c1-14-7-8-21(13-17(14)23)18(24)19-9-16-10-20-22(12-16)11-15-5-3-2-4-6-15/h2-6,10,12,14,17,23H,7-9,11,13H2,1H3,(H,19,24). The Kier molecular flexibility index (Phi) is 5.15. The first-order valence-corrected chi connectivity index (χ1v) is 8.38. The summed E-state index contributed by atoms with van der Waals surface area (Å²) in [5.74, 6) is 0.255. The molecule has 0 spiro atoms. The van der Waals surface area contributed by atoms with E-state index in [0.717, 1.165) is 12.0 Å². The molecule has 2 amide bonds. The third kappa shape index (κ3) is 4.14. The van der Waals surface area contributed by atoms with Gasteiger partial charge in [0.1, 0.15) is 0 Å². The van der Waals surface area contributed by atoms with Gasteiger partial charge in [0.25, 0.3) is 0 Å². The SMILES string of the molecule is CC1CCN(C(=O)NCc2cnn(Cc3ccccc3)c2)CC1O. The zero-order valence-electron chi connectivity index (χ0n) is 13.9. The Bertz CT molecular complexity index is 671. The predicted octanol–water partition coefficient (Wildman–Crippen LogP) is 1.84. The maximum Gasteiger partial charge on any atom is 0.317 e. The normalized spacial score (nSPS) is 20.8. The number of urea groups is 1. The number of benzene rings is 1. The third-order valence-electron chi connectivity index (χ3n) is 4.52. The lowest BCUT2D eigenvalue weighted by Crippen LogP contribution is -2.49. The largest absolute Gasteiger partial charge is 0.391 e. The number of piperidine rings is 1. The number of rotatable bonds is 4. The second-order valence-corrected chi connectivity index (χ2v) is 6.47. The highest BCUT2D eigenvalue weighted by atomic mass is 16.3. The van der Waals surface area contributed by atoms with Gasteiger partial charge in [0.15, 0.2) is 0 Å². The average molecular weight is 328 g/mol. The minimum absolute atomic E-state index is 0.128. The fraction of sp³-hybridized carbons (Fsp3) is 0.444. The molecule has 6 heteroatoms. The fourth-order valence-electron chi connectivity index (χ4n) is 2.88. The van der Waals surface area contributed by atoms with Gasteiger partial charge >= 0.3 is 6.03 Å². The van der Waals surface area contributed by atoms with E-state index in [1.807, 2.05) is 36.0 Å². The monoisotopic (exact) mass is 328 g/mol. The van der Waals surface area contributed by atoms with Crippen LogP contribution in [0.3, 0.4) is 0 Å². The van der Waals surface area contributed by atoms with Crippen LogP contribution in [0.25, 0.3) is 0 Å². The summed E-state index contributed by atoms with van der Waals surface area (Å²) in [7, 11) is 0. The Labute approximate surface area is 142 Å². The summed E-state index contributed by atoms with van der Waals surface area (Å²) >= 11 is 0. The zero-order valence-corrected chi connectivity index (χ0v) is 13.9. The highest BCUT2D eigenvalue weighted by Gasteiger charge is 2.27. The van der Waals surface area contributed by atoms with Crippen molar-refractivity contribution < 1.29 is 9.90 Å². The quantitative estimate of drug-likeness (QED) is 0.900. The number of hydrogen-bond donors (Lipinski definition) is 2. The molecule has 2 heterocycles. The van der Waals surface area contributed by atoms with Crippen LogP contribution in [0.15, 0.2) is 42.7 Å². The molecule has 1 aliphatic rings. The molecule has 2 aromatic rings. The van der Waals surface area contributed by atoms with E-state index in [4.69, 9.17) is 0 Å². The van der Waals surface area contributed by atoms with Crippen LogP contribution in [-0.2, 0) is 13.1 Å². The van der Waals surface area contributed by atoms with Crippen molar-refractivity contribution in [3.63, 3.8) is 0 Å². The molecule has 0 radical (unpaired) electrons. The molecule has 1 saturated heterocycles. The van der Waals surface area contributed by atoms with Crippen LogP contribution in [0, 0.1) is 5.92 Å². The van der Waals surface area contributed by atoms with E-state index in [1.54, 1.807) is 11.1 Å². The van der Waals surface area contributed by atoms with E-state index in [2.05, 4.69) is 22.5 Å². The van der Waals surface area contributed by atoms with Gasteiger partial charge in [-0.15, -0.1) is 0 Å². The van der Waals surface area contributed by atoms with Gasteiger partial charge in [0.05, 0.1) is 18.8 Å². The zero-order chi connectivity index (χ0) is 16.9. The first-order valence-electron chi connectivity index (χ1n) is 8.38. The van der Waals surface area contributed by atoms with E-state index in [9.17, 15) is 9.90 Å². The number of amides is 2. The van der Waals surface area contributed by atoms with Gasteiger partial charge in [0.2, 0.25) is 0 Å². The van der Waals surface area contributed by atoms with E-state index in [0.29, 0.717) is 26.2 Å². The first-order chi connectivity index (χ1) is 11.6. The fourth-order valence-corrected chi connectivity index (χ4v) is 2.88. The number of β-amino-alcohol motifs (C(OH)–C–C–N with tert-alkyl or cyclic N) is 1. The highest BCUT2D eigenvalue weighted by molar-refractivity contribution is 5.74. The summed E-state index contributed by atoms with van der Waals surface area (Å²) < 4.78 is 1.86. The molecule has 1 aliphatic heterocycles. The maximum atomic E-state index is 12.2. The van der Waals surface area contributed by atoms with Crippen LogP contribution in [0.4, 0.5) is 4.79 Å². The summed E-state index contributed by atoms with van der Waals surface area (Å²) in [6.07, 6.45) is 4.12. The third-order valence-corrected chi connectivity index (χ3v) is 4.52. The lowest BCUT2D eigenvalue weighted by atomic mass is 9.96. The predicted molar refractivity (Wildman–Crippen MR) is 91.4 cm³/mol. The molecule has 24 heavy (non-hydrogen) atoms. The number of hydrogen-bond acceptors (Lipinski definition) is 3. The van der Waals surface area contributed by atoms with E-state index >= 15 is 0 Å². The van der Waals surface area contributed by atoms with Crippen molar-refractivity contribution >= 4 is 6.03 Å². The summed E-state index contributed by atoms with van der Waals surface area (Å²) in [6, 6.07) is 10.0. The minimum Gasteiger partial charge on any atom is -0.391 e. The number of nitrogens with zero attached hydrogens (tertiary/aromatic N) is 3. The van der Waals surface area contributed by atoms with Gasteiger partial charge in [-0.25, -0.2) is 4.79 Å². The van der Waals surface area contributed by atoms with Crippen LogP contribution in [0.2, 0.25) is 0 Å². The summed E-state index contributed by atoms with van der Waals surface area (Å²) in [4.78, 5) is 13.9. The molecule has 0 saturated carbocycles. The maximum absolute atomic E-state index is 12.2. The molecular weight excluding hydrogens is 304 g/mol. The van der Waals surface area contributed by atoms with Gasteiger partial charge in [-0.3, -0.25) is 4.68 Å². The number of carbonyl (C=O) groups is 1. The number of aromatic nitrogens is 2. The smallest absolute Gasteiger partial charge is 0.317 e. The molecule has 128 valence electrons. The molecule has 0 bridgehead atoms. The second-order valence-electron chi connectivity index (χ2n) is 6.47. The van der Waals surface area contributed by atoms with Crippen molar-refractivity contribution in [2.75, 3.05) is 13.1 Å². The van der Waals surface area contributed by atoms with Crippen molar-refractivity contribution in [2.24, 2.45) is 5.92 Å². The molecule has 2 atom stereocenters. The number of carbonyl (C=O) groups excluding carboxylic acids is 1. The lowest BCUT2D eigenvalue weighted by molar-refractivity contribution is 0.0435. The molecule has 2 unspecified atom stereocenters. The Morgan fingerprint density at radius 3 is 2.88 bits per heavy atom. The summed E-state index contributed by atoms with van der Waals surface area (Å²) in [5.41, 5.74) is 2.15. The highest BCUT2D eigenvalue weighted by Crippen LogP contribution is 2.16. The number of aliphatic hydroxyl groups excluding tert-OH is 1. The van der Waals surface area contributed by atoms with Crippen molar-refractivity contribution in [3.8, 4) is 0 Å². The average Bonchev–Trinajstić information content (AvgIpc) is 3.03. The molecule has 1 aromatic heterocycles. The van der Waals surface area contributed by atoms with Crippen LogP contribution >= 0.6 is 0 Å². The Morgan fingerprint density at radius 1 is 1.33 bits per heavy atom. The number of aliphatic hydroxyl groups is 1. The molecule has 1 fully saturated rings. The molecular formula is C18H24N4O2. The Hall–Kier alpha value is -2.34. The van der Waals surface area contributed by atoms with Crippen molar-refractivity contribution in [3.05, 3.63) is 53.9 Å². The number of likely N-dealkylation sites (tertiary alicyclic amines) is 1. The first kappa shape index (κ1) is 16.5. The summed E-state index contributed by atoms with van der Waals surface area (Å²) in [6.45, 7) is 4.26. The van der Waals surface area contributed by atoms with Crippen LogP contribution in [0.5, 0.6) is 0 Å².